The van der Waals surface area contributed by atoms with Crippen LogP contribution >= 0.6 is 0 Å². The zero-order chi connectivity index (χ0) is 61.4. The van der Waals surface area contributed by atoms with E-state index < -0.39 is 117 Å². The second-order valence-electron chi connectivity index (χ2n) is 22.3. The van der Waals surface area contributed by atoms with Crippen LogP contribution in [0.2, 0.25) is 0 Å². The van der Waals surface area contributed by atoms with Crippen LogP contribution in [0.3, 0.4) is 0 Å². The Bertz CT molecular complexity index is 1680. The third kappa shape index (κ3) is 53.2. The monoisotopic (exact) mass is 1180 g/mol. The molecule has 20 nitrogen and oxygen atoms in total. The molecule has 3 N–H and O–H groups in total. The molecule has 0 aliphatic heterocycles. The van der Waals surface area contributed by atoms with Crippen LogP contribution < -0.4 is 0 Å². The van der Waals surface area contributed by atoms with E-state index in [1.165, 1.54) is 135 Å². The molecule has 0 rings (SSSR count). The van der Waals surface area contributed by atoms with E-state index in [0.717, 1.165) is 44.9 Å². The number of rotatable bonds is 60. The van der Waals surface area contributed by atoms with Crippen LogP contribution in [0.15, 0.2) is 0 Å². The highest BCUT2D eigenvalue weighted by Gasteiger charge is 2.38. The van der Waals surface area contributed by atoms with Crippen LogP contribution in [-0.2, 0) is 81.1 Å². The fraction of sp³-hybridized carbons (Fsp3) is 0.841. The Morgan fingerprint density at radius 1 is 0.265 bits per heavy atom. The highest BCUT2D eigenvalue weighted by molar-refractivity contribution is 5.78. The summed E-state index contributed by atoms with van der Waals surface area (Å²) in [4.78, 5) is 123. The fourth-order valence-electron chi connectivity index (χ4n) is 8.99. The number of carboxylic acids is 3. The first-order valence-electron chi connectivity index (χ1n) is 31.8. The summed E-state index contributed by atoms with van der Waals surface area (Å²) >= 11 is 0. The number of carbonyl (C=O) groups is 10. The maximum Gasteiger partial charge on any atom is 0.306 e. The van der Waals surface area contributed by atoms with Crippen molar-refractivity contribution in [3.8, 4) is 0 Å². The molecule has 0 spiro atoms. The molecule has 1 atom stereocenters. The lowest BCUT2D eigenvalue weighted by Crippen LogP contribution is -2.44. The molecular formula is C63H108O20. The van der Waals surface area contributed by atoms with Crippen molar-refractivity contribution in [3.05, 3.63) is 0 Å². The number of hydrogen-bond donors (Lipinski definition) is 3. The molecule has 0 saturated carbocycles. The lowest BCUT2D eigenvalue weighted by molar-refractivity contribution is -0.172. The largest absolute Gasteiger partial charge is 0.481 e. The van der Waals surface area contributed by atoms with Crippen molar-refractivity contribution in [3.63, 3.8) is 0 Å². The predicted molar refractivity (Wildman–Crippen MR) is 311 cm³/mol. The van der Waals surface area contributed by atoms with E-state index in [-0.39, 0.29) is 77.2 Å². The van der Waals surface area contributed by atoms with Gasteiger partial charge in [-0.3, -0.25) is 47.9 Å². The van der Waals surface area contributed by atoms with Crippen molar-refractivity contribution in [2.24, 2.45) is 5.41 Å². The molecule has 0 amide bonds. The summed E-state index contributed by atoms with van der Waals surface area (Å²) < 4.78 is 38.0. The number of unbranched alkanes of at least 4 members (excludes halogenated alkanes) is 28. The first-order valence-corrected chi connectivity index (χ1v) is 31.8. The second-order valence-corrected chi connectivity index (χ2v) is 22.3. The average molecular weight is 1190 g/mol. The Balaban J connectivity index is 5.56. The molecule has 20 heteroatoms. The number of hydrogen-bond acceptors (Lipinski definition) is 17. The minimum atomic E-state index is -1.78. The van der Waals surface area contributed by atoms with Crippen LogP contribution in [0.25, 0.3) is 0 Å². The van der Waals surface area contributed by atoms with E-state index in [2.05, 4.69) is 13.8 Å². The van der Waals surface area contributed by atoms with Crippen LogP contribution in [0.1, 0.15) is 290 Å². The van der Waals surface area contributed by atoms with E-state index in [0.29, 0.717) is 12.8 Å². The van der Waals surface area contributed by atoms with E-state index in [9.17, 15) is 47.9 Å². The molecule has 0 fully saturated rings. The molecule has 0 bridgehead atoms. The zero-order valence-electron chi connectivity index (χ0n) is 51.0. The molecule has 0 aromatic rings. The molecule has 0 saturated heterocycles. The summed E-state index contributed by atoms with van der Waals surface area (Å²) in [6.07, 6.45) is 31.2. The van der Waals surface area contributed by atoms with Crippen LogP contribution in [0.4, 0.5) is 0 Å². The Kier molecular flexibility index (Phi) is 51.1. The number of esters is 7. The Morgan fingerprint density at radius 3 is 0.759 bits per heavy atom. The third-order valence-electron chi connectivity index (χ3n) is 14.1. The van der Waals surface area contributed by atoms with Gasteiger partial charge in [0.1, 0.15) is 45.1 Å². The number of ether oxygens (including phenoxy) is 7. The smallest absolute Gasteiger partial charge is 0.306 e. The van der Waals surface area contributed by atoms with Crippen molar-refractivity contribution in [1.82, 2.24) is 0 Å². The summed E-state index contributed by atoms with van der Waals surface area (Å²) in [5.74, 6) is -8.98. The molecule has 480 valence electrons. The van der Waals surface area contributed by atoms with Crippen molar-refractivity contribution in [2.45, 2.75) is 296 Å². The van der Waals surface area contributed by atoms with E-state index >= 15 is 0 Å². The van der Waals surface area contributed by atoms with Gasteiger partial charge in [0.2, 0.25) is 0 Å². The van der Waals surface area contributed by atoms with Crippen molar-refractivity contribution in [2.75, 3.05) is 39.6 Å². The van der Waals surface area contributed by atoms with Gasteiger partial charge in [-0.25, -0.2) is 0 Å². The number of aliphatic carboxylic acids is 3. The van der Waals surface area contributed by atoms with Crippen LogP contribution in [0.5, 0.6) is 0 Å². The van der Waals surface area contributed by atoms with Crippen molar-refractivity contribution in [1.29, 1.82) is 0 Å². The lowest BCUT2D eigenvalue weighted by atomic mass is 9.92. The standard InChI is InChI=1S/C63H108O20/c1-3-5-7-9-11-13-15-17-19-21-23-25-27-29-31-39-56(70)77-46-52(83-62(76)40-32-30-28-26-24-22-20-18-16-14-12-10-8-6-4-2)47-78-60(74)44-45-61(75)82-51-63(48-79-57(71)41-33-36-53(64)65,49-80-58(72)42-34-37-54(66)67)50-81-59(73)43-35-38-55(68)69/h52H,3-51H2,1-2H3,(H,64,65)(H,66,67)(H,68,69). The Hall–Kier alpha value is -5.30. The fourth-order valence-corrected chi connectivity index (χ4v) is 8.99. The summed E-state index contributed by atoms with van der Waals surface area (Å²) in [6.45, 7) is 0.843. The van der Waals surface area contributed by atoms with E-state index in [4.69, 9.17) is 48.5 Å². The molecular weight excluding hydrogens is 1080 g/mol. The maximum absolute atomic E-state index is 13.2. The van der Waals surface area contributed by atoms with Gasteiger partial charge in [0.25, 0.3) is 0 Å². The Labute approximate surface area is 495 Å². The quantitative estimate of drug-likeness (QED) is 0.0289. The van der Waals surface area contributed by atoms with Gasteiger partial charge in [0.05, 0.1) is 12.8 Å². The van der Waals surface area contributed by atoms with Crippen molar-refractivity contribution < 1.29 is 96.4 Å². The van der Waals surface area contributed by atoms with Gasteiger partial charge in [0.15, 0.2) is 6.10 Å². The van der Waals surface area contributed by atoms with Gasteiger partial charge in [0, 0.05) is 51.4 Å². The highest BCUT2D eigenvalue weighted by atomic mass is 16.6. The molecule has 0 aliphatic rings. The third-order valence-corrected chi connectivity index (χ3v) is 14.1. The highest BCUT2D eigenvalue weighted by Crippen LogP contribution is 2.24. The summed E-state index contributed by atoms with van der Waals surface area (Å²) in [5.41, 5.74) is -1.78. The number of carboxylic acid groups (broad SMARTS) is 3. The molecule has 0 heterocycles. The molecule has 83 heavy (non-hydrogen) atoms. The zero-order valence-corrected chi connectivity index (χ0v) is 51.0. The maximum atomic E-state index is 13.2. The molecule has 0 radical (unpaired) electrons. The van der Waals surface area contributed by atoms with Gasteiger partial charge in [-0.1, -0.05) is 194 Å². The van der Waals surface area contributed by atoms with Crippen LogP contribution in [0, 0.1) is 5.41 Å². The van der Waals surface area contributed by atoms with Gasteiger partial charge in [-0.05, 0) is 32.1 Å². The van der Waals surface area contributed by atoms with E-state index in [1.807, 2.05) is 0 Å². The minimum Gasteiger partial charge on any atom is -0.481 e. The predicted octanol–water partition coefficient (Wildman–Crippen LogP) is 13.2. The molecule has 1 unspecified atom stereocenters. The second kappa shape index (κ2) is 54.6. The topological polar surface area (TPSA) is 296 Å². The molecule has 0 aliphatic carbocycles. The normalized spacial score (nSPS) is 11.5. The SMILES string of the molecule is CCCCCCCCCCCCCCCCCC(=O)OCC(COC(=O)CCC(=O)OCC(COC(=O)CCCC(=O)O)(COC(=O)CCCC(=O)O)COC(=O)CCCC(=O)O)OC(=O)CCCCCCCCCCCCCCCCC. The van der Waals surface area contributed by atoms with Gasteiger partial charge in [-0.2, -0.15) is 0 Å². The first-order chi connectivity index (χ1) is 40.0. The van der Waals surface area contributed by atoms with Gasteiger partial charge in [-0.15, -0.1) is 0 Å². The van der Waals surface area contributed by atoms with E-state index in [1.54, 1.807) is 0 Å². The summed E-state index contributed by atoms with van der Waals surface area (Å²) in [7, 11) is 0. The Morgan fingerprint density at radius 2 is 0.482 bits per heavy atom. The summed E-state index contributed by atoms with van der Waals surface area (Å²) in [5, 5.41) is 27.0. The molecule has 0 aromatic heterocycles. The minimum absolute atomic E-state index is 0.0864. The first kappa shape index (κ1) is 77.7. The van der Waals surface area contributed by atoms with Gasteiger partial charge >= 0.3 is 59.7 Å². The van der Waals surface area contributed by atoms with Crippen LogP contribution in [-0.4, -0.2) is 121 Å². The molecule has 0 aromatic carbocycles. The summed E-state index contributed by atoms with van der Waals surface area (Å²) in [6, 6.07) is 0. The van der Waals surface area contributed by atoms with Crippen molar-refractivity contribution >= 4 is 59.7 Å². The number of carbonyl (C=O) groups excluding carboxylic acids is 7. The van der Waals surface area contributed by atoms with Gasteiger partial charge < -0.3 is 48.5 Å². The lowest BCUT2D eigenvalue weighted by Gasteiger charge is -2.31. The average Bonchev–Trinajstić information content (AvgIpc) is 3.55.